The Bertz CT molecular complexity index is 273. The molecule has 0 aliphatic carbocycles. The maximum atomic E-state index is 12.7. The van der Waals surface area contributed by atoms with Crippen LogP contribution in [-0.2, 0) is 6.67 Å². The van der Waals surface area contributed by atoms with Crippen LogP contribution in [0.5, 0.6) is 0 Å². The van der Waals surface area contributed by atoms with Gasteiger partial charge in [0.1, 0.15) is 12.5 Å². The standard InChI is InChI=1S/C7H4Br2F2/c8-6-4(3-10)1-2-5(11)7(6)9/h1-2H,3H2. The summed E-state index contributed by atoms with van der Waals surface area (Å²) in [5.41, 5.74) is 0.443. The van der Waals surface area contributed by atoms with E-state index in [9.17, 15) is 8.78 Å². The molecule has 0 heterocycles. The molecule has 0 saturated carbocycles. The first kappa shape index (κ1) is 9.13. The molecule has 11 heavy (non-hydrogen) atoms. The Labute approximate surface area is 79.9 Å². The van der Waals surface area contributed by atoms with Crippen LogP contribution in [0, 0.1) is 5.82 Å². The maximum absolute atomic E-state index is 12.7. The van der Waals surface area contributed by atoms with E-state index in [2.05, 4.69) is 31.9 Å². The van der Waals surface area contributed by atoms with E-state index >= 15 is 0 Å². The summed E-state index contributed by atoms with van der Waals surface area (Å²) in [4.78, 5) is 0. The minimum atomic E-state index is -0.598. The van der Waals surface area contributed by atoms with Gasteiger partial charge >= 0.3 is 0 Å². The van der Waals surface area contributed by atoms with Crippen LogP contribution in [0.15, 0.2) is 21.1 Å². The first-order chi connectivity index (χ1) is 5.16. The van der Waals surface area contributed by atoms with Crippen LogP contribution in [0.3, 0.4) is 0 Å². The van der Waals surface area contributed by atoms with Gasteiger partial charge in [-0.25, -0.2) is 8.78 Å². The smallest absolute Gasteiger partial charge is 0.138 e. The van der Waals surface area contributed by atoms with Crippen LogP contribution in [0.2, 0.25) is 0 Å². The van der Waals surface area contributed by atoms with Crippen molar-refractivity contribution >= 4 is 31.9 Å². The van der Waals surface area contributed by atoms with Gasteiger partial charge in [-0.05, 0) is 43.5 Å². The minimum Gasteiger partial charge on any atom is -0.246 e. The molecule has 4 heteroatoms. The van der Waals surface area contributed by atoms with E-state index < -0.39 is 12.5 Å². The lowest BCUT2D eigenvalue weighted by molar-refractivity contribution is 0.482. The quantitative estimate of drug-likeness (QED) is 0.688. The fourth-order valence-electron chi connectivity index (χ4n) is 0.669. The van der Waals surface area contributed by atoms with E-state index in [4.69, 9.17) is 0 Å². The van der Waals surface area contributed by atoms with E-state index in [1.807, 2.05) is 0 Å². The molecule has 0 saturated heterocycles. The first-order valence-electron chi connectivity index (χ1n) is 2.85. The highest BCUT2D eigenvalue weighted by Gasteiger charge is 2.07. The zero-order chi connectivity index (χ0) is 8.43. The Hall–Kier alpha value is 0.0400. The molecule has 0 nitrogen and oxygen atoms in total. The van der Waals surface area contributed by atoms with Gasteiger partial charge in [0.2, 0.25) is 0 Å². The third kappa shape index (κ3) is 1.79. The van der Waals surface area contributed by atoms with Gasteiger partial charge in [0.05, 0.1) is 4.47 Å². The number of hydrogen-bond donors (Lipinski definition) is 0. The molecule has 0 radical (unpaired) electrons. The molecule has 0 N–H and O–H groups in total. The molecule has 0 aliphatic rings. The van der Waals surface area contributed by atoms with Gasteiger partial charge in [-0.15, -0.1) is 0 Å². The van der Waals surface area contributed by atoms with E-state index in [-0.39, 0.29) is 4.47 Å². The molecule has 0 bridgehead atoms. The summed E-state index contributed by atoms with van der Waals surface area (Å²) in [6.45, 7) is -0.598. The van der Waals surface area contributed by atoms with Crippen molar-refractivity contribution in [3.05, 3.63) is 32.5 Å². The third-order valence-electron chi connectivity index (χ3n) is 1.26. The summed E-state index contributed by atoms with van der Waals surface area (Å²) in [7, 11) is 0. The van der Waals surface area contributed by atoms with E-state index in [0.717, 1.165) is 0 Å². The number of alkyl halides is 1. The second-order valence-electron chi connectivity index (χ2n) is 1.97. The third-order valence-corrected chi connectivity index (χ3v) is 3.47. The molecule has 1 aromatic carbocycles. The Morgan fingerprint density at radius 1 is 1.18 bits per heavy atom. The largest absolute Gasteiger partial charge is 0.246 e. The molecular weight excluding hydrogens is 282 g/mol. The Kier molecular flexibility index (Phi) is 3.01. The minimum absolute atomic E-state index is 0.271. The molecule has 0 unspecified atom stereocenters. The molecule has 0 atom stereocenters. The van der Waals surface area contributed by atoms with Crippen LogP contribution in [0.1, 0.15) is 5.56 Å². The highest BCUT2D eigenvalue weighted by atomic mass is 79.9. The molecule has 1 rings (SSSR count). The molecule has 1 aromatic rings. The average molecular weight is 286 g/mol. The summed E-state index contributed by atoms with van der Waals surface area (Å²) in [6, 6.07) is 2.63. The fraction of sp³-hybridized carbons (Fsp3) is 0.143. The van der Waals surface area contributed by atoms with Crippen molar-refractivity contribution in [3.8, 4) is 0 Å². The van der Waals surface area contributed by atoms with Gasteiger partial charge in [0.25, 0.3) is 0 Å². The second-order valence-corrected chi connectivity index (χ2v) is 3.55. The first-order valence-corrected chi connectivity index (χ1v) is 4.43. The monoisotopic (exact) mass is 284 g/mol. The lowest BCUT2D eigenvalue weighted by atomic mass is 10.2. The highest BCUT2D eigenvalue weighted by molar-refractivity contribution is 9.13. The van der Waals surface area contributed by atoms with E-state index in [1.54, 1.807) is 0 Å². The molecule has 0 aliphatic heterocycles. The Balaban J connectivity index is 3.25. The predicted molar refractivity (Wildman–Crippen MR) is 46.6 cm³/mol. The lowest BCUT2D eigenvalue weighted by Gasteiger charge is -2.01. The number of rotatable bonds is 1. The van der Waals surface area contributed by atoms with Gasteiger partial charge in [-0.1, -0.05) is 6.07 Å². The number of hydrogen-bond acceptors (Lipinski definition) is 0. The van der Waals surface area contributed by atoms with Gasteiger partial charge in [-0.3, -0.25) is 0 Å². The SMILES string of the molecule is FCc1ccc(F)c(Br)c1Br. The predicted octanol–water partition coefficient (Wildman–Crippen LogP) is 3.82. The average Bonchev–Trinajstić information content (AvgIpc) is 2.01. The molecule has 0 fully saturated rings. The highest BCUT2D eigenvalue weighted by Crippen LogP contribution is 2.29. The summed E-state index contributed by atoms with van der Waals surface area (Å²) in [5.74, 6) is -0.394. The van der Waals surface area contributed by atoms with Crippen molar-refractivity contribution in [1.82, 2.24) is 0 Å². The summed E-state index contributed by atoms with van der Waals surface area (Å²) < 4.78 is 25.5. The van der Waals surface area contributed by atoms with Gasteiger partial charge in [0.15, 0.2) is 0 Å². The summed E-state index contributed by atoms with van der Waals surface area (Å²) in [5, 5.41) is 0. The fourth-order valence-corrected chi connectivity index (χ4v) is 1.48. The summed E-state index contributed by atoms with van der Waals surface area (Å²) >= 11 is 6.05. The topological polar surface area (TPSA) is 0 Å². The van der Waals surface area contributed by atoms with Crippen molar-refractivity contribution in [2.75, 3.05) is 0 Å². The maximum Gasteiger partial charge on any atom is 0.138 e. The van der Waals surface area contributed by atoms with Crippen LogP contribution >= 0.6 is 31.9 Å². The van der Waals surface area contributed by atoms with Crippen molar-refractivity contribution in [1.29, 1.82) is 0 Å². The van der Waals surface area contributed by atoms with Crippen molar-refractivity contribution in [2.45, 2.75) is 6.67 Å². The number of halogens is 4. The van der Waals surface area contributed by atoms with Crippen molar-refractivity contribution < 1.29 is 8.78 Å². The van der Waals surface area contributed by atoms with Crippen LogP contribution in [0.4, 0.5) is 8.78 Å². The molecule has 60 valence electrons. The van der Waals surface area contributed by atoms with Gasteiger partial charge in [0, 0.05) is 4.47 Å². The molecule has 0 amide bonds. The van der Waals surface area contributed by atoms with E-state index in [1.165, 1.54) is 12.1 Å². The second kappa shape index (κ2) is 3.63. The van der Waals surface area contributed by atoms with Crippen molar-refractivity contribution in [2.24, 2.45) is 0 Å². The Morgan fingerprint density at radius 3 is 2.36 bits per heavy atom. The van der Waals surface area contributed by atoms with Crippen LogP contribution in [0.25, 0.3) is 0 Å². The zero-order valence-electron chi connectivity index (χ0n) is 5.37. The van der Waals surface area contributed by atoms with Crippen LogP contribution in [-0.4, -0.2) is 0 Å². The number of benzene rings is 1. The normalized spacial score (nSPS) is 10.2. The lowest BCUT2D eigenvalue weighted by Crippen LogP contribution is -1.85. The Morgan fingerprint density at radius 2 is 1.82 bits per heavy atom. The van der Waals surface area contributed by atoms with Gasteiger partial charge < -0.3 is 0 Å². The van der Waals surface area contributed by atoms with Gasteiger partial charge in [-0.2, -0.15) is 0 Å². The molecule has 0 spiro atoms. The zero-order valence-corrected chi connectivity index (χ0v) is 8.55. The molecular formula is C7H4Br2F2. The summed E-state index contributed by atoms with van der Waals surface area (Å²) in [6.07, 6.45) is 0. The van der Waals surface area contributed by atoms with E-state index in [0.29, 0.717) is 10.0 Å². The van der Waals surface area contributed by atoms with Crippen molar-refractivity contribution in [3.63, 3.8) is 0 Å². The van der Waals surface area contributed by atoms with Crippen LogP contribution < -0.4 is 0 Å². The molecule has 0 aromatic heterocycles.